The molecule has 9 aromatic rings. The van der Waals surface area contributed by atoms with Gasteiger partial charge in [0, 0.05) is 10.8 Å². The Morgan fingerprint density at radius 2 is 0.952 bits per heavy atom. The second-order valence-electron chi connectivity index (χ2n) is 10.8. The minimum absolute atomic E-state index is 0.841. The molecule has 0 aliphatic heterocycles. The normalized spacial score (nSPS) is 11.8. The van der Waals surface area contributed by atoms with Gasteiger partial charge in [-0.2, -0.15) is 0 Å². The van der Waals surface area contributed by atoms with Gasteiger partial charge in [0.2, 0.25) is 0 Å². The van der Waals surface area contributed by atoms with Crippen molar-refractivity contribution in [3.63, 3.8) is 0 Å². The lowest BCUT2D eigenvalue weighted by Gasteiger charge is -2.18. The molecular weight excluding hydrogens is 512 g/mol. The number of furan rings is 2. The molecule has 0 spiro atoms. The number of hydrogen-bond acceptors (Lipinski definition) is 2. The van der Waals surface area contributed by atoms with Gasteiger partial charge >= 0.3 is 0 Å². The lowest BCUT2D eigenvalue weighted by atomic mass is 9.85. The van der Waals surface area contributed by atoms with Crippen LogP contribution in [-0.4, -0.2) is 0 Å². The van der Waals surface area contributed by atoms with Gasteiger partial charge in [-0.3, -0.25) is 0 Å². The molecule has 0 aliphatic rings. The van der Waals surface area contributed by atoms with Crippen LogP contribution in [0.3, 0.4) is 0 Å². The van der Waals surface area contributed by atoms with Crippen molar-refractivity contribution < 1.29 is 8.83 Å². The Hall–Kier alpha value is -5.60. The van der Waals surface area contributed by atoms with Gasteiger partial charge in [-0.25, -0.2) is 0 Å². The zero-order chi connectivity index (χ0) is 27.6. The summed E-state index contributed by atoms with van der Waals surface area (Å²) in [6.45, 7) is 0. The van der Waals surface area contributed by atoms with E-state index >= 15 is 0 Å². The molecule has 0 bridgehead atoms. The Balaban J connectivity index is 1.27. The topological polar surface area (TPSA) is 26.3 Å². The number of fused-ring (bicyclic) bond motifs is 7. The average molecular weight is 537 g/mol. The highest BCUT2D eigenvalue weighted by molar-refractivity contribution is 6.22. The Morgan fingerprint density at radius 1 is 0.381 bits per heavy atom. The molecule has 2 heterocycles. The van der Waals surface area contributed by atoms with Gasteiger partial charge in [-0.1, -0.05) is 115 Å². The third-order valence-electron chi connectivity index (χ3n) is 8.56. The molecule has 0 atom stereocenters. The van der Waals surface area contributed by atoms with Gasteiger partial charge in [0.15, 0.2) is 0 Å². The summed E-state index contributed by atoms with van der Waals surface area (Å²) < 4.78 is 12.2. The van der Waals surface area contributed by atoms with E-state index < -0.39 is 0 Å². The molecule has 0 unspecified atom stereocenters. The summed E-state index contributed by atoms with van der Waals surface area (Å²) in [5, 5.41) is 8.23. The maximum absolute atomic E-state index is 6.27. The monoisotopic (exact) mass is 536 g/mol. The second kappa shape index (κ2) is 8.95. The fourth-order valence-electron chi connectivity index (χ4n) is 6.74. The van der Waals surface area contributed by atoms with E-state index in [1.165, 1.54) is 43.8 Å². The van der Waals surface area contributed by atoms with E-state index in [1.54, 1.807) is 6.26 Å². The van der Waals surface area contributed by atoms with Crippen molar-refractivity contribution in [1.29, 1.82) is 0 Å². The number of benzene rings is 7. The summed E-state index contributed by atoms with van der Waals surface area (Å²) >= 11 is 0. The predicted molar refractivity (Wildman–Crippen MR) is 175 cm³/mol. The van der Waals surface area contributed by atoms with Gasteiger partial charge in [-0.15, -0.1) is 0 Å². The minimum atomic E-state index is 0.841. The Bertz CT molecular complexity index is 2380. The molecule has 0 radical (unpaired) electrons. The van der Waals surface area contributed by atoms with Crippen molar-refractivity contribution in [2.75, 3.05) is 0 Å². The Morgan fingerprint density at radius 3 is 1.62 bits per heavy atom. The van der Waals surface area contributed by atoms with Crippen LogP contribution in [0.25, 0.3) is 87.8 Å². The summed E-state index contributed by atoms with van der Waals surface area (Å²) in [6.07, 6.45) is 1.75. The number of rotatable bonds is 3. The predicted octanol–water partition coefficient (Wildman–Crippen LogP) is 11.6. The van der Waals surface area contributed by atoms with Crippen molar-refractivity contribution in [1.82, 2.24) is 0 Å². The molecule has 7 aromatic carbocycles. The van der Waals surface area contributed by atoms with Gasteiger partial charge < -0.3 is 8.83 Å². The smallest absolute Gasteiger partial charge is 0.145 e. The number of hydrogen-bond donors (Lipinski definition) is 0. The first kappa shape index (κ1) is 23.1. The largest absolute Gasteiger partial charge is 0.464 e. The van der Waals surface area contributed by atoms with Gasteiger partial charge in [0.25, 0.3) is 0 Å². The van der Waals surface area contributed by atoms with E-state index in [2.05, 4.69) is 121 Å². The van der Waals surface area contributed by atoms with Crippen LogP contribution in [0.2, 0.25) is 0 Å². The second-order valence-corrected chi connectivity index (χ2v) is 10.8. The van der Waals surface area contributed by atoms with Crippen LogP contribution >= 0.6 is 0 Å². The molecule has 0 saturated carbocycles. The minimum Gasteiger partial charge on any atom is -0.464 e. The molecule has 9 rings (SSSR count). The third kappa shape index (κ3) is 3.33. The van der Waals surface area contributed by atoms with Crippen LogP contribution in [0.1, 0.15) is 0 Å². The van der Waals surface area contributed by atoms with Gasteiger partial charge in [0.1, 0.15) is 16.7 Å². The first-order valence-corrected chi connectivity index (χ1v) is 14.3. The summed E-state index contributed by atoms with van der Waals surface area (Å²) in [4.78, 5) is 0. The molecule has 196 valence electrons. The van der Waals surface area contributed by atoms with Crippen molar-refractivity contribution in [3.05, 3.63) is 146 Å². The van der Waals surface area contributed by atoms with Crippen molar-refractivity contribution in [3.8, 4) is 33.4 Å². The summed E-state index contributed by atoms with van der Waals surface area (Å²) in [7, 11) is 0. The van der Waals surface area contributed by atoms with Gasteiger partial charge in [0.05, 0.1) is 11.6 Å². The van der Waals surface area contributed by atoms with E-state index in [0.717, 1.165) is 44.0 Å². The van der Waals surface area contributed by atoms with E-state index in [0.29, 0.717) is 0 Å². The molecule has 2 aromatic heterocycles. The lowest BCUT2D eigenvalue weighted by Crippen LogP contribution is -1.90. The highest BCUT2D eigenvalue weighted by Crippen LogP contribution is 2.45. The molecule has 42 heavy (non-hydrogen) atoms. The Labute approximate surface area is 242 Å². The summed E-state index contributed by atoms with van der Waals surface area (Å²) in [5.41, 5.74) is 9.83. The molecule has 0 fully saturated rings. The zero-order valence-corrected chi connectivity index (χ0v) is 22.7. The van der Waals surface area contributed by atoms with Crippen LogP contribution in [0.5, 0.6) is 0 Å². The molecule has 2 heteroatoms. The van der Waals surface area contributed by atoms with Crippen LogP contribution in [0.15, 0.2) is 155 Å². The van der Waals surface area contributed by atoms with Gasteiger partial charge in [-0.05, 0) is 79.2 Å². The quantitative estimate of drug-likeness (QED) is 0.210. The third-order valence-corrected chi connectivity index (χ3v) is 8.56. The molecule has 0 saturated heterocycles. The molecular formula is C40H24O2. The van der Waals surface area contributed by atoms with E-state index in [-0.39, 0.29) is 0 Å². The first-order chi connectivity index (χ1) is 20.8. The molecule has 2 nitrogen and oxygen atoms in total. The highest BCUT2D eigenvalue weighted by Gasteiger charge is 2.18. The van der Waals surface area contributed by atoms with Crippen molar-refractivity contribution >= 4 is 54.5 Å². The fraction of sp³-hybridized carbons (Fsp3) is 0. The lowest BCUT2D eigenvalue weighted by molar-refractivity contribution is 0.618. The maximum Gasteiger partial charge on any atom is 0.145 e. The zero-order valence-electron chi connectivity index (χ0n) is 22.7. The highest BCUT2D eigenvalue weighted by atomic mass is 16.3. The SMILES string of the molecule is c1ccc(-c2c3ccccc3c(-c3ccc(-c4cccc5oc6ccc7ccoc7c6c45)cc3)c3ccccc23)cc1. The van der Waals surface area contributed by atoms with Crippen LogP contribution in [0.4, 0.5) is 0 Å². The molecule has 0 aliphatic carbocycles. The van der Waals surface area contributed by atoms with E-state index in [4.69, 9.17) is 8.83 Å². The molecule has 0 N–H and O–H groups in total. The Kier molecular flexibility index (Phi) is 4.93. The summed E-state index contributed by atoms with van der Waals surface area (Å²) in [6, 6.07) is 49.7. The maximum atomic E-state index is 6.27. The van der Waals surface area contributed by atoms with Crippen molar-refractivity contribution in [2.24, 2.45) is 0 Å². The van der Waals surface area contributed by atoms with Crippen molar-refractivity contribution in [2.45, 2.75) is 0 Å². The van der Waals surface area contributed by atoms with Crippen LogP contribution < -0.4 is 0 Å². The fourth-order valence-corrected chi connectivity index (χ4v) is 6.74. The first-order valence-electron chi connectivity index (χ1n) is 14.3. The average Bonchev–Trinajstić information content (AvgIpc) is 3.68. The van der Waals surface area contributed by atoms with E-state index in [9.17, 15) is 0 Å². The van der Waals surface area contributed by atoms with E-state index in [1.807, 2.05) is 18.2 Å². The standard InChI is InChI=1S/C40H24O2/c1-2-9-26(10-3-1)36-30-11-4-6-13-32(30)37(33-14-7-5-12-31(33)36)27-19-17-25(18-20-27)29-15-8-16-34-38(29)39-35(42-34)22-21-28-23-24-41-40(28)39/h1-24H. The summed E-state index contributed by atoms with van der Waals surface area (Å²) in [5.74, 6) is 0. The van der Waals surface area contributed by atoms with Crippen LogP contribution in [-0.2, 0) is 0 Å². The molecule has 0 amide bonds. The van der Waals surface area contributed by atoms with Crippen LogP contribution in [0, 0.1) is 0 Å².